The lowest BCUT2D eigenvalue weighted by molar-refractivity contribution is 0.286. The van der Waals surface area contributed by atoms with Gasteiger partial charge in [-0.3, -0.25) is 9.55 Å². The topological polar surface area (TPSA) is 55.6 Å². The smallest absolute Gasteiger partial charge is 0.151 e. The Hall–Kier alpha value is -2.53. The van der Waals surface area contributed by atoms with Gasteiger partial charge >= 0.3 is 0 Å². The highest BCUT2D eigenvalue weighted by Gasteiger charge is 2.30. The van der Waals surface area contributed by atoms with Crippen LogP contribution in [0.15, 0.2) is 61.2 Å². The van der Waals surface area contributed by atoms with Gasteiger partial charge in [-0.2, -0.15) is 0 Å². The van der Waals surface area contributed by atoms with Crippen molar-refractivity contribution in [1.82, 2.24) is 25.1 Å². The number of rotatable bonds is 5. The highest BCUT2D eigenvalue weighted by Crippen LogP contribution is 2.36. The molecule has 1 N–H and O–H groups in total. The Morgan fingerprint density at radius 1 is 1.09 bits per heavy atom. The summed E-state index contributed by atoms with van der Waals surface area (Å²) < 4.78 is 2.03. The lowest BCUT2D eigenvalue weighted by Gasteiger charge is -2.36. The molecule has 5 nitrogen and oxygen atoms in total. The van der Waals surface area contributed by atoms with Gasteiger partial charge < -0.3 is 5.32 Å². The van der Waals surface area contributed by atoms with E-state index in [1.165, 1.54) is 5.56 Å². The third-order valence-electron chi connectivity index (χ3n) is 4.50. The minimum absolute atomic E-state index is 0.543. The summed E-state index contributed by atoms with van der Waals surface area (Å²) in [5.41, 5.74) is 2.44. The van der Waals surface area contributed by atoms with Crippen molar-refractivity contribution in [3.8, 4) is 5.69 Å². The monoisotopic (exact) mass is 305 g/mol. The standard InChI is InChI=1S/C18H19N5/c1-2-6-17(7-3-1)23-13-21-22-18(23)12-20-16-9-15(10-16)14-5-4-8-19-11-14/h1-8,11,13,15-16,20H,9-10,12H2. The van der Waals surface area contributed by atoms with Crippen molar-refractivity contribution in [1.29, 1.82) is 0 Å². The van der Waals surface area contributed by atoms with Crippen LogP contribution in [-0.4, -0.2) is 25.8 Å². The third-order valence-corrected chi connectivity index (χ3v) is 4.50. The summed E-state index contributed by atoms with van der Waals surface area (Å²) in [6, 6.07) is 14.9. The predicted octanol–water partition coefficient (Wildman–Crippen LogP) is 2.70. The molecule has 4 rings (SSSR count). The number of nitrogens with one attached hydrogen (secondary N) is 1. The van der Waals surface area contributed by atoms with Crippen LogP contribution in [0.2, 0.25) is 0 Å². The largest absolute Gasteiger partial charge is 0.307 e. The molecule has 0 amide bonds. The maximum absolute atomic E-state index is 4.24. The van der Waals surface area contributed by atoms with Gasteiger partial charge in [-0.15, -0.1) is 10.2 Å². The molecule has 1 aliphatic rings. The molecule has 0 unspecified atom stereocenters. The van der Waals surface area contributed by atoms with Crippen molar-refractivity contribution in [3.05, 3.63) is 72.6 Å². The molecular weight excluding hydrogens is 286 g/mol. The molecule has 0 bridgehead atoms. The average molecular weight is 305 g/mol. The fraction of sp³-hybridized carbons (Fsp3) is 0.278. The third kappa shape index (κ3) is 3.00. The van der Waals surface area contributed by atoms with E-state index in [4.69, 9.17) is 0 Å². The van der Waals surface area contributed by atoms with E-state index in [9.17, 15) is 0 Å². The summed E-state index contributed by atoms with van der Waals surface area (Å²) in [7, 11) is 0. The van der Waals surface area contributed by atoms with Crippen molar-refractivity contribution in [2.75, 3.05) is 0 Å². The molecule has 3 aromatic rings. The highest BCUT2D eigenvalue weighted by molar-refractivity contribution is 5.32. The van der Waals surface area contributed by atoms with Gasteiger partial charge in [-0.05, 0) is 42.5 Å². The molecule has 1 aromatic carbocycles. The van der Waals surface area contributed by atoms with E-state index in [0.29, 0.717) is 12.0 Å². The molecule has 1 fully saturated rings. The number of para-hydroxylation sites is 1. The van der Waals surface area contributed by atoms with Gasteiger partial charge in [0.15, 0.2) is 5.82 Å². The van der Waals surface area contributed by atoms with E-state index in [1.54, 1.807) is 6.33 Å². The summed E-state index contributed by atoms with van der Waals surface area (Å²) >= 11 is 0. The van der Waals surface area contributed by atoms with Crippen LogP contribution in [0.3, 0.4) is 0 Å². The quantitative estimate of drug-likeness (QED) is 0.787. The zero-order valence-electron chi connectivity index (χ0n) is 12.8. The van der Waals surface area contributed by atoms with Crippen molar-refractivity contribution >= 4 is 0 Å². The maximum Gasteiger partial charge on any atom is 0.151 e. The number of hydrogen-bond acceptors (Lipinski definition) is 4. The highest BCUT2D eigenvalue weighted by atomic mass is 15.3. The second-order valence-electron chi connectivity index (χ2n) is 5.99. The molecule has 1 saturated carbocycles. The van der Waals surface area contributed by atoms with Crippen LogP contribution in [0, 0.1) is 0 Å². The number of benzene rings is 1. The lowest BCUT2D eigenvalue weighted by Crippen LogP contribution is -2.40. The molecule has 5 heteroatoms. The molecule has 1 aliphatic carbocycles. The molecule has 0 saturated heterocycles. The van der Waals surface area contributed by atoms with Crippen LogP contribution < -0.4 is 5.32 Å². The Bertz CT molecular complexity index is 747. The SMILES string of the molecule is c1ccc(-n2cnnc2CNC2CC(c3cccnc3)C2)cc1. The van der Waals surface area contributed by atoms with Crippen molar-refractivity contribution < 1.29 is 0 Å². The Labute approximate surface area is 135 Å². The van der Waals surface area contributed by atoms with E-state index in [1.807, 2.05) is 41.2 Å². The number of pyridine rings is 1. The second-order valence-corrected chi connectivity index (χ2v) is 5.99. The average Bonchev–Trinajstić information content (AvgIpc) is 3.04. The van der Waals surface area contributed by atoms with Crippen LogP contribution in [0.25, 0.3) is 5.69 Å². The predicted molar refractivity (Wildman–Crippen MR) is 88.2 cm³/mol. The van der Waals surface area contributed by atoms with Gasteiger partial charge in [0, 0.05) is 24.1 Å². The van der Waals surface area contributed by atoms with Gasteiger partial charge in [0.1, 0.15) is 6.33 Å². The number of nitrogens with zero attached hydrogens (tertiary/aromatic N) is 4. The molecule has 0 radical (unpaired) electrons. The molecular formula is C18H19N5. The molecule has 116 valence electrons. The first-order chi connectivity index (χ1) is 11.4. The molecule has 0 aliphatic heterocycles. The number of hydrogen-bond donors (Lipinski definition) is 1. The first-order valence-electron chi connectivity index (χ1n) is 7.98. The zero-order valence-corrected chi connectivity index (χ0v) is 12.8. The van der Waals surface area contributed by atoms with E-state index in [0.717, 1.165) is 30.9 Å². The van der Waals surface area contributed by atoms with Gasteiger partial charge in [-0.25, -0.2) is 0 Å². The summed E-state index contributed by atoms with van der Waals surface area (Å²) in [6.07, 6.45) is 7.89. The first kappa shape index (κ1) is 14.1. The van der Waals surface area contributed by atoms with E-state index in [2.05, 4.69) is 38.7 Å². The summed E-state index contributed by atoms with van der Waals surface area (Å²) in [4.78, 5) is 4.20. The van der Waals surface area contributed by atoms with Gasteiger partial charge in [0.2, 0.25) is 0 Å². The van der Waals surface area contributed by atoms with Crippen LogP contribution in [-0.2, 0) is 6.54 Å². The fourth-order valence-electron chi connectivity index (χ4n) is 3.09. The Morgan fingerprint density at radius 2 is 1.96 bits per heavy atom. The minimum Gasteiger partial charge on any atom is -0.307 e. The summed E-state index contributed by atoms with van der Waals surface area (Å²) in [5, 5.41) is 11.9. The van der Waals surface area contributed by atoms with E-state index >= 15 is 0 Å². The summed E-state index contributed by atoms with van der Waals surface area (Å²) in [6.45, 7) is 0.735. The molecule has 0 atom stereocenters. The Balaban J connectivity index is 1.34. The van der Waals surface area contributed by atoms with Crippen LogP contribution in [0.1, 0.15) is 30.1 Å². The van der Waals surface area contributed by atoms with Crippen molar-refractivity contribution in [2.45, 2.75) is 31.3 Å². The van der Waals surface area contributed by atoms with Gasteiger partial charge in [-0.1, -0.05) is 24.3 Å². The van der Waals surface area contributed by atoms with Crippen LogP contribution in [0.5, 0.6) is 0 Å². The summed E-state index contributed by atoms with van der Waals surface area (Å²) in [5.74, 6) is 1.58. The molecule has 23 heavy (non-hydrogen) atoms. The molecule has 2 heterocycles. The first-order valence-corrected chi connectivity index (χ1v) is 7.98. The van der Waals surface area contributed by atoms with Crippen LogP contribution >= 0.6 is 0 Å². The van der Waals surface area contributed by atoms with Gasteiger partial charge in [0.25, 0.3) is 0 Å². The van der Waals surface area contributed by atoms with E-state index < -0.39 is 0 Å². The zero-order chi connectivity index (χ0) is 15.5. The van der Waals surface area contributed by atoms with Gasteiger partial charge in [0.05, 0.1) is 6.54 Å². The van der Waals surface area contributed by atoms with Crippen molar-refractivity contribution in [2.24, 2.45) is 0 Å². The van der Waals surface area contributed by atoms with Crippen LogP contribution in [0.4, 0.5) is 0 Å². The number of aromatic nitrogens is 4. The second kappa shape index (κ2) is 6.30. The fourth-order valence-corrected chi connectivity index (χ4v) is 3.09. The lowest BCUT2D eigenvalue weighted by atomic mass is 9.76. The molecule has 2 aromatic heterocycles. The van der Waals surface area contributed by atoms with Crippen molar-refractivity contribution in [3.63, 3.8) is 0 Å². The minimum atomic E-state index is 0.543. The maximum atomic E-state index is 4.24. The Kier molecular flexibility index (Phi) is 3.86. The normalized spacial score (nSPS) is 20.2. The molecule has 0 spiro atoms. The Morgan fingerprint density at radius 3 is 2.74 bits per heavy atom. The van der Waals surface area contributed by atoms with E-state index in [-0.39, 0.29) is 0 Å².